The summed E-state index contributed by atoms with van der Waals surface area (Å²) in [5.41, 5.74) is 0.449. The van der Waals surface area contributed by atoms with Crippen LogP contribution in [-0.2, 0) is 0 Å². The van der Waals surface area contributed by atoms with Gasteiger partial charge in [-0.3, -0.25) is 9.47 Å². The van der Waals surface area contributed by atoms with Crippen LogP contribution >= 0.6 is 0 Å². The Morgan fingerprint density at radius 1 is 1.33 bits per heavy atom. The number of fused-ring (bicyclic) bond motifs is 1. The molecule has 2 N–H and O–H groups in total. The minimum Gasteiger partial charge on any atom is -0.338 e. The Morgan fingerprint density at radius 3 is 2.83 bits per heavy atom. The highest BCUT2D eigenvalue weighted by Crippen LogP contribution is 2.04. The number of benzene rings is 1. The third-order valence-electron chi connectivity index (χ3n) is 1.71. The van der Waals surface area contributed by atoms with Crippen LogP contribution in [0.3, 0.4) is 0 Å². The van der Waals surface area contributed by atoms with E-state index < -0.39 is 0 Å². The lowest BCUT2D eigenvalue weighted by Crippen LogP contribution is -2.17. The molecule has 0 fully saturated rings. The van der Waals surface area contributed by atoms with Crippen LogP contribution in [0.25, 0.3) is 10.9 Å². The third kappa shape index (κ3) is 0.852. The van der Waals surface area contributed by atoms with Crippen LogP contribution in [0.2, 0.25) is 0 Å². The van der Waals surface area contributed by atoms with Gasteiger partial charge in [0.05, 0.1) is 10.9 Å². The number of rotatable bonds is 0. The van der Waals surface area contributed by atoms with Gasteiger partial charge in [0, 0.05) is 0 Å². The molecule has 0 aliphatic heterocycles. The zero-order valence-corrected chi connectivity index (χ0v) is 6.27. The lowest BCUT2D eigenvalue weighted by Gasteiger charge is -2.01. The molecule has 0 saturated heterocycles. The van der Waals surface area contributed by atoms with Gasteiger partial charge in [0.1, 0.15) is 6.33 Å². The van der Waals surface area contributed by atoms with Crippen molar-refractivity contribution >= 4 is 10.9 Å². The van der Waals surface area contributed by atoms with Crippen molar-refractivity contribution in [1.82, 2.24) is 9.66 Å². The Morgan fingerprint density at radius 2 is 2.08 bits per heavy atom. The third-order valence-corrected chi connectivity index (χ3v) is 1.71. The van der Waals surface area contributed by atoms with Gasteiger partial charge in [0.25, 0.3) is 5.56 Å². The molecule has 1 aromatic heterocycles. The quantitative estimate of drug-likeness (QED) is 0.558. The Labute approximate surface area is 68.2 Å². The first-order chi connectivity index (χ1) is 5.79. The molecule has 0 unspecified atom stereocenters. The van der Waals surface area contributed by atoms with E-state index in [2.05, 4.69) is 4.98 Å². The number of nitrogens with two attached hydrogens (primary N) is 1. The summed E-state index contributed by atoms with van der Waals surface area (Å²) in [7, 11) is 0. The maximum absolute atomic E-state index is 11.2. The van der Waals surface area contributed by atoms with Crippen molar-refractivity contribution in [2.24, 2.45) is 0 Å². The normalized spacial score (nSPS) is 10.3. The van der Waals surface area contributed by atoms with Gasteiger partial charge in [0.2, 0.25) is 0 Å². The lowest BCUT2D eigenvalue weighted by atomic mass is 10.2. The van der Waals surface area contributed by atoms with Crippen LogP contribution in [0.5, 0.6) is 0 Å². The van der Waals surface area contributed by atoms with Gasteiger partial charge >= 0.3 is 0 Å². The van der Waals surface area contributed by atoms with E-state index in [1.807, 2.05) is 6.07 Å². The van der Waals surface area contributed by atoms with Crippen molar-refractivity contribution in [3.05, 3.63) is 40.9 Å². The summed E-state index contributed by atoms with van der Waals surface area (Å²) in [6, 6.07) is 7.09. The Bertz CT molecular complexity index is 475. The summed E-state index contributed by atoms with van der Waals surface area (Å²) in [6.45, 7) is 0. The van der Waals surface area contributed by atoms with Crippen molar-refractivity contribution in [1.29, 1.82) is 0 Å². The van der Waals surface area contributed by atoms with Crippen LogP contribution in [0.1, 0.15) is 0 Å². The number of aromatic nitrogens is 2. The van der Waals surface area contributed by atoms with Gasteiger partial charge < -0.3 is 5.84 Å². The fourth-order valence-electron chi connectivity index (χ4n) is 1.13. The molecule has 0 atom stereocenters. The van der Waals surface area contributed by atoms with Crippen molar-refractivity contribution in [3.8, 4) is 0 Å². The second-order valence-corrected chi connectivity index (χ2v) is 2.47. The summed E-state index contributed by atoms with van der Waals surface area (Å²) in [5, 5.41) is 0.544. The molecule has 0 amide bonds. The molecule has 0 spiro atoms. The zero-order chi connectivity index (χ0) is 8.55. The summed E-state index contributed by atoms with van der Waals surface area (Å²) >= 11 is 0. The van der Waals surface area contributed by atoms with Gasteiger partial charge in [-0.1, -0.05) is 12.1 Å². The highest BCUT2D eigenvalue weighted by atomic mass is 16.1. The highest BCUT2D eigenvalue weighted by Gasteiger charge is 1.98. The number of hydrogen-bond donors (Lipinski definition) is 1. The first kappa shape index (κ1) is 6.84. The molecule has 1 heterocycles. The van der Waals surface area contributed by atoms with Gasteiger partial charge in [0.15, 0.2) is 0 Å². The van der Waals surface area contributed by atoms with Gasteiger partial charge in [-0.25, -0.2) is 0 Å². The van der Waals surface area contributed by atoms with E-state index in [4.69, 9.17) is 5.84 Å². The monoisotopic (exact) mass is 161 g/mol. The standard InChI is InChI=1S/C8H7N3O/c9-11-5-10-8(12)6-3-1-2-4-7(6)11/h1-5H,9H2. The van der Waals surface area contributed by atoms with Crippen LogP contribution in [0.4, 0.5) is 0 Å². The van der Waals surface area contributed by atoms with Crippen LogP contribution in [-0.4, -0.2) is 9.66 Å². The van der Waals surface area contributed by atoms with E-state index in [0.29, 0.717) is 10.9 Å². The topological polar surface area (TPSA) is 60.9 Å². The average Bonchev–Trinajstić information content (AvgIpc) is 2.12. The van der Waals surface area contributed by atoms with Crippen molar-refractivity contribution < 1.29 is 0 Å². The molecule has 2 aromatic rings. The fraction of sp³-hybridized carbons (Fsp3) is 0. The molecule has 0 aliphatic carbocycles. The predicted molar refractivity (Wildman–Crippen MR) is 46.2 cm³/mol. The Balaban J connectivity index is 3.05. The molecule has 60 valence electrons. The molecule has 0 bridgehead atoms. The molecular weight excluding hydrogens is 154 g/mol. The Hall–Kier alpha value is -1.84. The van der Waals surface area contributed by atoms with E-state index in [1.54, 1.807) is 18.2 Å². The number of nitrogen functional groups attached to an aromatic ring is 1. The van der Waals surface area contributed by atoms with Crippen molar-refractivity contribution in [2.75, 3.05) is 5.84 Å². The van der Waals surface area contributed by atoms with Gasteiger partial charge in [-0.2, -0.15) is 4.98 Å². The molecular formula is C8H7N3O. The fourth-order valence-corrected chi connectivity index (χ4v) is 1.13. The van der Waals surface area contributed by atoms with Gasteiger partial charge in [-0.15, -0.1) is 0 Å². The van der Waals surface area contributed by atoms with E-state index in [-0.39, 0.29) is 5.56 Å². The molecule has 12 heavy (non-hydrogen) atoms. The van der Waals surface area contributed by atoms with Crippen molar-refractivity contribution in [3.63, 3.8) is 0 Å². The van der Waals surface area contributed by atoms with E-state index in [0.717, 1.165) is 0 Å². The molecule has 4 heteroatoms. The maximum atomic E-state index is 11.2. The van der Waals surface area contributed by atoms with E-state index in [1.165, 1.54) is 11.0 Å². The van der Waals surface area contributed by atoms with Gasteiger partial charge in [-0.05, 0) is 12.1 Å². The van der Waals surface area contributed by atoms with E-state index in [9.17, 15) is 4.79 Å². The second kappa shape index (κ2) is 2.34. The predicted octanol–water partition coefficient (Wildman–Crippen LogP) is 0.110. The number of nitrogens with zero attached hydrogens (tertiary/aromatic N) is 2. The molecule has 1 aromatic carbocycles. The molecule has 2 rings (SSSR count). The van der Waals surface area contributed by atoms with E-state index >= 15 is 0 Å². The average molecular weight is 161 g/mol. The SMILES string of the molecule is Nn1cnc(=O)c2ccccc21. The Kier molecular flexibility index (Phi) is 1.33. The lowest BCUT2D eigenvalue weighted by molar-refractivity contribution is 0.972. The van der Waals surface area contributed by atoms with Crippen LogP contribution in [0, 0.1) is 0 Å². The summed E-state index contributed by atoms with van der Waals surface area (Å²) in [5.74, 6) is 5.54. The zero-order valence-electron chi connectivity index (χ0n) is 6.27. The number of para-hydroxylation sites is 1. The first-order valence-electron chi connectivity index (χ1n) is 3.50. The highest BCUT2D eigenvalue weighted by molar-refractivity contribution is 5.77. The molecule has 4 nitrogen and oxygen atoms in total. The smallest absolute Gasteiger partial charge is 0.280 e. The summed E-state index contributed by atoms with van der Waals surface area (Å²) in [6.07, 6.45) is 1.31. The largest absolute Gasteiger partial charge is 0.338 e. The minimum atomic E-state index is -0.243. The summed E-state index contributed by atoms with van der Waals surface area (Å²) < 4.78 is 1.33. The summed E-state index contributed by atoms with van der Waals surface area (Å²) in [4.78, 5) is 14.7. The number of hydrogen-bond acceptors (Lipinski definition) is 3. The first-order valence-corrected chi connectivity index (χ1v) is 3.50. The van der Waals surface area contributed by atoms with Crippen LogP contribution in [0.15, 0.2) is 35.4 Å². The molecule has 0 radical (unpaired) electrons. The maximum Gasteiger partial charge on any atom is 0.280 e. The van der Waals surface area contributed by atoms with Crippen molar-refractivity contribution in [2.45, 2.75) is 0 Å². The molecule has 0 saturated carbocycles. The molecule has 0 aliphatic rings. The minimum absolute atomic E-state index is 0.243. The van der Waals surface area contributed by atoms with Crippen LogP contribution < -0.4 is 11.4 Å². The second-order valence-electron chi connectivity index (χ2n) is 2.47.